The van der Waals surface area contributed by atoms with Gasteiger partial charge in [-0.05, 0) is 42.4 Å². The van der Waals surface area contributed by atoms with E-state index in [1.165, 1.54) is 12.1 Å². The summed E-state index contributed by atoms with van der Waals surface area (Å²) in [7, 11) is 0. The molecule has 0 saturated heterocycles. The predicted molar refractivity (Wildman–Crippen MR) is 71.5 cm³/mol. The van der Waals surface area contributed by atoms with Crippen LogP contribution in [0.15, 0.2) is 18.2 Å². The number of benzene rings is 1. The van der Waals surface area contributed by atoms with Crippen molar-refractivity contribution in [1.82, 2.24) is 0 Å². The minimum Gasteiger partial charge on any atom is -0.207 e. The largest absolute Gasteiger partial charge is 0.207 e. The van der Waals surface area contributed by atoms with E-state index in [1.807, 2.05) is 0 Å². The number of alkyl halides is 1. The lowest BCUT2D eigenvalue weighted by Gasteiger charge is -2.25. The van der Waals surface area contributed by atoms with Crippen molar-refractivity contribution in [1.29, 1.82) is 0 Å². The molecule has 0 amide bonds. The topological polar surface area (TPSA) is 0 Å². The van der Waals surface area contributed by atoms with Crippen molar-refractivity contribution in [3.05, 3.63) is 35.4 Å². The normalized spacial score (nSPS) is 13.8. The zero-order chi connectivity index (χ0) is 13.1. The van der Waals surface area contributed by atoms with Crippen LogP contribution in [0.3, 0.4) is 0 Å². The van der Waals surface area contributed by atoms with Crippen LogP contribution in [0.1, 0.15) is 39.2 Å². The fourth-order valence-corrected chi connectivity index (χ4v) is 2.00. The Kier molecular flexibility index (Phi) is 5.11. The molecule has 0 radical (unpaired) electrons. The Bertz CT molecular complexity index is 349. The second-order valence-corrected chi connectivity index (χ2v) is 6.61. The Morgan fingerprint density at radius 2 is 1.65 bits per heavy atom. The van der Waals surface area contributed by atoms with E-state index in [4.69, 9.17) is 0 Å². The van der Waals surface area contributed by atoms with Crippen LogP contribution in [0.2, 0.25) is 0 Å². The van der Waals surface area contributed by atoms with E-state index in [2.05, 4.69) is 36.7 Å². The number of rotatable bonds is 4. The molecule has 0 aliphatic carbocycles. The summed E-state index contributed by atoms with van der Waals surface area (Å²) >= 11 is 3.65. The first kappa shape index (κ1) is 14.6. The van der Waals surface area contributed by atoms with Crippen LogP contribution >= 0.6 is 15.9 Å². The Balaban J connectivity index is 2.46. The fraction of sp³-hybridized carbons (Fsp3) is 0.571. The van der Waals surface area contributed by atoms with E-state index < -0.39 is 11.6 Å². The van der Waals surface area contributed by atoms with Gasteiger partial charge in [0, 0.05) is 10.9 Å². The highest BCUT2D eigenvalue weighted by molar-refractivity contribution is 9.09. The molecule has 17 heavy (non-hydrogen) atoms. The maximum atomic E-state index is 13.0. The summed E-state index contributed by atoms with van der Waals surface area (Å²) in [5.41, 5.74) is 0.948. The van der Waals surface area contributed by atoms with Crippen LogP contribution in [-0.2, 0) is 6.42 Å². The van der Waals surface area contributed by atoms with Gasteiger partial charge in [0.25, 0.3) is 0 Å². The third-order valence-electron chi connectivity index (χ3n) is 2.79. The van der Waals surface area contributed by atoms with Crippen molar-refractivity contribution in [3.8, 4) is 0 Å². The van der Waals surface area contributed by atoms with E-state index in [-0.39, 0.29) is 5.41 Å². The molecule has 1 unspecified atom stereocenters. The summed E-state index contributed by atoms with van der Waals surface area (Å²) in [6.45, 7) is 6.52. The molecular formula is C14H19BrF2. The lowest BCUT2D eigenvalue weighted by atomic mass is 9.89. The summed E-state index contributed by atoms with van der Waals surface area (Å²) in [6, 6.07) is 3.72. The van der Waals surface area contributed by atoms with Gasteiger partial charge in [0.2, 0.25) is 0 Å². The van der Waals surface area contributed by atoms with Crippen LogP contribution in [0.4, 0.5) is 8.78 Å². The van der Waals surface area contributed by atoms with Gasteiger partial charge < -0.3 is 0 Å². The van der Waals surface area contributed by atoms with Gasteiger partial charge in [-0.2, -0.15) is 0 Å². The van der Waals surface area contributed by atoms with E-state index in [0.29, 0.717) is 11.2 Å². The maximum absolute atomic E-state index is 13.0. The van der Waals surface area contributed by atoms with Crippen LogP contribution in [0.25, 0.3) is 0 Å². The Morgan fingerprint density at radius 1 is 1.12 bits per heavy atom. The van der Waals surface area contributed by atoms with Crippen molar-refractivity contribution in [2.45, 2.75) is 44.9 Å². The van der Waals surface area contributed by atoms with Gasteiger partial charge in [0.15, 0.2) is 0 Å². The molecule has 0 N–H and O–H groups in total. The zero-order valence-electron chi connectivity index (χ0n) is 10.6. The minimum atomic E-state index is -0.494. The molecule has 1 atom stereocenters. The van der Waals surface area contributed by atoms with Crippen LogP contribution < -0.4 is 0 Å². The first-order chi connectivity index (χ1) is 7.79. The van der Waals surface area contributed by atoms with Crippen molar-refractivity contribution >= 4 is 15.9 Å². The maximum Gasteiger partial charge on any atom is 0.126 e. The van der Waals surface area contributed by atoms with Gasteiger partial charge in [-0.1, -0.05) is 36.7 Å². The lowest BCUT2D eigenvalue weighted by molar-refractivity contribution is 0.380. The molecular weight excluding hydrogens is 286 g/mol. The van der Waals surface area contributed by atoms with E-state index in [9.17, 15) is 8.78 Å². The molecule has 96 valence electrons. The summed E-state index contributed by atoms with van der Waals surface area (Å²) in [5.74, 6) is -0.988. The Labute approximate surface area is 111 Å². The molecule has 1 aromatic rings. The third kappa shape index (κ3) is 5.15. The molecule has 0 bridgehead atoms. The molecule has 0 fully saturated rings. The van der Waals surface area contributed by atoms with Crippen molar-refractivity contribution in [2.75, 3.05) is 0 Å². The molecule has 0 nitrogen and oxygen atoms in total. The number of aryl methyl sites for hydroxylation is 1. The number of hydrogen-bond acceptors (Lipinski definition) is 0. The molecule has 0 aromatic heterocycles. The van der Waals surface area contributed by atoms with Gasteiger partial charge in [-0.25, -0.2) is 8.78 Å². The first-order valence-electron chi connectivity index (χ1n) is 5.88. The van der Waals surface area contributed by atoms with Gasteiger partial charge in [0.05, 0.1) is 0 Å². The summed E-state index contributed by atoms with van der Waals surface area (Å²) < 4.78 is 25.9. The predicted octanol–water partition coefficient (Wildman–Crippen LogP) is 5.10. The molecule has 0 saturated carbocycles. The van der Waals surface area contributed by atoms with E-state index >= 15 is 0 Å². The molecule has 1 rings (SSSR count). The highest BCUT2D eigenvalue weighted by Crippen LogP contribution is 2.30. The van der Waals surface area contributed by atoms with Gasteiger partial charge in [0.1, 0.15) is 11.6 Å². The average molecular weight is 305 g/mol. The van der Waals surface area contributed by atoms with E-state index in [1.54, 1.807) is 0 Å². The quantitative estimate of drug-likeness (QED) is 0.679. The second-order valence-electron chi connectivity index (χ2n) is 5.50. The van der Waals surface area contributed by atoms with Crippen molar-refractivity contribution in [2.24, 2.45) is 5.41 Å². The lowest BCUT2D eigenvalue weighted by Crippen LogP contribution is -2.20. The number of hydrogen-bond donors (Lipinski definition) is 0. The highest BCUT2D eigenvalue weighted by Gasteiger charge is 2.20. The van der Waals surface area contributed by atoms with Crippen LogP contribution in [-0.4, -0.2) is 4.83 Å². The monoisotopic (exact) mass is 304 g/mol. The summed E-state index contributed by atoms with van der Waals surface area (Å²) in [4.78, 5) is 0.424. The standard InChI is InChI=1S/C14H19BrF2/c1-14(2,3)13(15)6-4-5-10-7-11(16)9-12(17)8-10/h7-9,13H,4-6H2,1-3H3. The average Bonchev–Trinajstić information content (AvgIpc) is 2.14. The summed E-state index contributed by atoms with van der Waals surface area (Å²) in [6.07, 6.45) is 2.64. The molecule has 0 aliphatic rings. The fourth-order valence-electron chi connectivity index (χ4n) is 1.67. The Hall–Kier alpha value is -0.440. The molecule has 0 aliphatic heterocycles. The third-order valence-corrected chi connectivity index (χ3v) is 4.62. The smallest absolute Gasteiger partial charge is 0.126 e. The van der Waals surface area contributed by atoms with Gasteiger partial charge in [-0.3, -0.25) is 0 Å². The molecule has 1 aromatic carbocycles. The molecule has 0 spiro atoms. The SMILES string of the molecule is CC(C)(C)C(Br)CCCc1cc(F)cc(F)c1. The highest BCUT2D eigenvalue weighted by atomic mass is 79.9. The van der Waals surface area contributed by atoms with E-state index in [0.717, 1.165) is 24.5 Å². The second kappa shape index (κ2) is 5.94. The Morgan fingerprint density at radius 3 is 2.12 bits per heavy atom. The zero-order valence-corrected chi connectivity index (χ0v) is 12.2. The van der Waals surface area contributed by atoms with Gasteiger partial charge >= 0.3 is 0 Å². The number of halogens is 3. The van der Waals surface area contributed by atoms with Gasteiger partial charge in [-0.15, -0.1) is 0 Å². The van der Waals surface area contributed by atoms with Crippen molar-refractivity contribution in [3.63, 3.8) is 0 Å². The van der Waals surface area contributed by atoms with Crippen molar-refractivity contribution < 1.29 is 8.78 Å². The summed E-state index contributed by atoms with van der Waals surface area (Å²) in [5, 5.41) is 0. The molecule has 0 heterocycles. The molecule has 3 heteroatoms. The first-order valence-corrected chi connectivity index (χ1v) is 6.79. The van der Waals surface area contributed by atoms with Crippen LogP contribution in [0, 0.1) is 17.0 Å². The van der Waals surface area contributed by atoms with Crippen LogP contribution in [0.5, 0.6) is 0 Å². The minimum absolute atomic E-state index is 0.215.